The van der Waals surface area contributed by atoms with E-state index in [2.05, 4.69) is 26.1 Å². The van der Waals surface area contributed by atoms with Crippen molar-refractivity contribution in [3.63, 3.8) is 0 Å². The van der Waals surface area contributed by atoms with E-state index in [1.807, 2.05) is 0 Å². The second-order valence-corrected chi connectivity index (χ2v) is 3.71. The van der Waals surface area contributed by atoms with Crippen molar-refractivity contribution in [1.29, 1.82) is 0 Å². The third-order valence-electron chi connectivity index (χ3n) is 2.31. The molecule has 1 aromatic rings. The third-order valence-corrected chi connectivity index (χ3v) is 2.31. The fourth-order valence-corrected chi connectivity index (χ4v) is 1.39. The molecular formula is C11H17NO2. The zero-order valence-electron chi connectivity index (χ0n) is 8.91. The molecule has 14 heavy (non-hydrogen) atoms. The largest absolute Gasteiger partial charge is 0.459 e. The van der Waals surface area contributed by atoms with Gasteiger partial charge in [-0.05, 0) is 24.5 Å². The standard InChI is InChI=1S/C11H17NO2/c1-4-9(8(2)3)12-11(13)10-6-5-7-14-10/h5-9H,4H2,1-3H3,(H,12,13). The van der Waals surface area contributed by atoms with Gasteiger partial charge in [-0.15, -0.1) is 0 Å². The molecule has 0 aliphatic heterocycles. The summed E-state index contributed by atoms with van der Waals surface area (Å²) in [7, 11) is 0. The van der Waals surface area contributed by atoms with Gasteiger partial charge in [0, 0.05) is 6.04 Å². The molecule has 1 amide bonds. The first-order valence-corrected chi connectivity index (χ1v) is 4.99. The molecule has 0 radical (unpaired) electrons. The molecule has 0 aromatic carbocycles. The first-order chi connectivity index (χ1) is 6.65. The maximum absolute atomic E-state index is 11.6. The van der Waals surface area contributed by atoms with E-state index < -0.39 is 0 Å². The Morgan fingerprint density at radius 1 is 1.57 bits per heavy atom. The summed E-state index contributed by atoms with van der Waals surface area (Å²) in [6.07, 6.45) is 2.44. The van der Waals surface area contributed by atoms with Gasteiger partial charge in [0.15, 0.2) is 5.76 Å². The van der Waals surface area contributed by atoms with Crippen molar-refractivity contribution in [3.05, 3.63) is 24.2 Å². The molecule has 1 heterocycles. The SMILES string of the molecule is CCC(NC(=O)c1ccco1)C(C)C. The molecule has 1 rings (SSSR count). The Hall–Kier alpha value is -1.25. The van der Waals surface area contributed by atoms with E-state index in [1.54, 1.807) is 12.1 Å². The van der Waals surface area contributed by atoms with Crippen LogP contribution in [-0.4, -0.2) is 11.9 Å². The lowest BCUT2D eigenvalue weighted by atomic mass is 10.0. The van der Waals surface area contributed by atoms with E-state index in [4.69, 9.17) is 4.42 Å². The Bertz CT molecular complexity index is 277. The van der Waals surface area contributed by atoms with Crippen LogP contribution in [0.2, 0.25) is 0 Å². The van der Waals surface area contributed by atoms with Crippen LogP contribution in [-0.2, 0) is 0 Å². The van der Waals surface area contributed by atoms with Crippen LogP contribution in [0.3, 0.4) is 0 Å². The molecule has 3 heteroatoms. The van der Waals surface area contributed by atoms with Crippen LogP contribution in [0, 0.1) is 5.92 Å². The number of hydrogen-bond acceptors (Lipinski definition) is 2. The predicted octanol–water partition coefficient (Wildman–Crippen LogP) is 2.44. The summed E-state index contributed by atoms with van der Waals surface area (Å²) in [4.78, 5) is 11.6. The number of amides is 1. The molecule has 1 aromatic heterocycles. The van der Waals surface area contributed by atoms with Crippen molar-refractivity contribution < 1.29 is 9.21 Å². The van der Waals surface area contributed by atoms with Crippen LogP contribution >= 0.6 is 0 Å². The Labute approximate surface area is 84.5 Å². The molecule has 0 spiro atoms. The molecule has 3 nitrogen and oxygen atoms in total. The van der Waals surface area contributed by atoms with Gasteiger partial charge in [0.05, 0.1) is 6.26 Å². The molecule has 0 bridgehead atoms. The summed E-state index contributed by atoms with van der Waals surface area (Å²) < 4.78 is 5.01. The van der Waals surface area contributed by atoms with Gasteiger partial charge >= 0.3 is 0 Å². The number of carbonyl (C=O) groups is 1. The Balaban J connectivity index is 2.56. The van der Waals surface area contributed by atoms with E-state index >= 15 is 0 Å². The van der Waals surface area contributed by atoms with Crippen molar-refractivity contribution in [1.82, 2.24) is 5.32 Å². The molecule has 78 valence electrons. The van der Waals surface area contributed by atoms with E-state index in [1.165, 1.54) is 6.26 Å². The topological polar surface area (TPSA) is 42.2 Å². The van der Waals surface area contributed by atoms with Crippen LogP contribution in [0.15, 0.2) is 22.8 Å². The molecule has 0 fully saturated rings. The van der Waals surface area contributed by atoms with E-state index in [0.29, 0.717) is 11.7 Å². The van der Waals surface area contributed by atoms with E-state index in [0.717, 1.165) is 6.42 Å². The zero-order chi connectivity index (χ0) is 10.6. The number of furan rings is 1. The van der Waals surface area contributed by atoms with Gasteiger partial charge in [-0.2, -0.15) is 0 Å². The Morgan fingerprint density at radius 2 is 2.29 bits per heavy atom. The summed E-state index contributed by atoms with van der Waals surface area (Å²) in [5.74, 6) is 0.693. The number of rotatable bonds is 4. The smallest absolute Gasteiger partial charge is 0.287 e. The molecule has 1 unspecified atom stereocenters. The molecule has 0 saturated heterocycles. The lowest BCUT2D eigenvalue weighted by molar-refractivity contribution is 0.0896. The summed E-state index contributed by atoms with van der Waals surface area (Å²) in [5, 5.41) is 2.94. The average molecular weight is 195 g/mol. The van der Waals surface area contributed by atoms with Crippen LogP contribution in [0.5, 0.6) is 0 Å². The molecule has 0 aliphatic carbocycles. The highest BCUT2D eigenvalue weighted by Crippen LogP contribution is 2.07. The van der Waals surface area contributed by atoms with Crippen molar-refractivity contribution in [2.45, 2.75) is 33.2 Å². The van der Waals surface area contributed by atoms with Crippen LogP contribution < -0.4 is 5.32 Å². The Morgan fingerprint density at radius 3 is 2.71 bits per heavy atom. The first kappa shape index (κ1) is 10.8. The second-order valence-electron chi connectivity index (χ2n) is 3.71. The van der Waals surface area contributed by atoms with Gasteiger partial charge in [0.25, 0.3) is 5.91 Å². The van der Waals surface area contributed by atoms with Crippen molar-refractivity contribution in [2.24, 2.45) is 5.92 Å². The van der Waals surface area contributed by atoms with E-state index in [9.17, 15) is 4.79 Å². The van der Waals surface area contributed by atoms with Crippen LogP contribution in [0.4, 0.5) is 0 Å². The minimum Gasteiger partial charge on any atom is -0.459 e. The number of hydrogen-bond donors (Lipinski definition) is 1. The van der Waals surface area contributed by atoms with Gasteiger partial charge in [-0.1, -0.05) is 20.8 Å². The molecule has 0 aliphatic rings. The maximum atomic E-state index is 11.6. The second kappa shape index (κ2) is 4.84. The maximum Gasteiger partial charge on any atom is 0.287 e. The third kappa shape index (κ3) is 2.62. The highest BCUT2D eigenvalue weighted by Gasteiger charge is 2.16. The Kier molecular flexibility index (Phi) is 3.74. The molecular weight excluding hydrogens is 178 g/mol. The quantitative estimate of drug-likeness (QED) is 0.801. The predicted molar refractivity (Wildman–Crippen MR) is 55.1 cm³/mol. The van der Waals surface area contributed by atoms with Crippen LogP contribution in [0.1, 0.15) is 37.7 Å². The molecule has 1 N–H and O–H groups in total. The zero-order valence-corrected chi connectivity index (χ0v) is 8.91. The van der Waals surface area contributed by atoms with Gasteiger partial charge in [-0.25, -0.2) is 0 Å². The highest BCUT2D eigenvalue weighted by molar-refractivity contribution is 5.91. The van der Waals surface area contributed by atoms with Crippen molar-refractivity contribution >= 4 is 5.91 Å². The van der Waals surface area contributed by atoms with Crippen molar-refractivity contribution in [2.75, 3.05) is 0 Å². The van der Waals surface area contributed by atoms with Gasteiger partial charge < -0.3 is 9.73 Å². The summed E-state index contributed by atoms with van der Waals surface area (Å²) in [6, 6.07) is 3.60. The minimum atomic E-state index is -0.129. The number of nitrogens with one attached hydrogen (secondary N) is 1. The van der Waals surface area contributed by atoms with Gasteiger partial charge in [0.2, 0.25) is 0 Å². The molecule has 1 atom stereocenters. The summed E-state index contributed by atoms with van der Waals surface area (Å²) in [6.45, 7) is 6.25. The van der Waals surface area contributed by atoms with E-state index in [-0.39, 0.29) is 11.9 Å². The lowest BCUT2D eigenvalue weighted by Crippen LogP contribution is -2.37. The highest BCUT2D eigenvalue weighted by atomic mass is 16.3. The fourth-order valence-electron chi connectivity index (χ4n) is 1.39. The van der Waals surface area contributed by atoms with Crippen LogP contribution in [0.25, 0.3) is 0 Å². The number of carbonyl (C=O) groups excluding carboxylic acids is 1. The lowest BCUT2D eigenvalue weighted by Gasteiger charge is -2.19. The normalized spacial score (nSPS) is 12.9. The monoisotopic (exact) mass is 195 g/mol. The summed E-state index contributed by atoms with van der Waals surface area (Å²) in [5.41, 5.74) is 0. The van der Waals surface area contributed by atoms with Gasteiger partial charge in [0.1, 0.15) is 0 Å². The fraction of sp³-hybridized carbons (Fsp3) is 0.545. The van der Waals surface area contributed by atoms with Gasteiger partial charge in [-0.3, -0.25) is 4.79 Å². The minimum absolute atomic E-state index is 0.129. The van der Waals surface area contributed by atoms with Crippen molar-refractivity contribution in [3.8, 4) is 0 Å². The molecule has 0 saturated carbocycles. The first-order valence-electron chi connectivity index (χ1n) is 4.99. The summed E-state index contributed by atoms with van der Waals surface area (Å²) >= 11 is 0. The average Bonchev–Trinajstić information content (AvgIpc) is 2.65.